The minimum atomic E-state index is -0.406. The van der Waals surface area contributed by atoms with Crippen molar-refractivity contribution in [1.29, 1.82) is 0 Å². The molecule has 0 amide bonds. The molecule has 0 bridgehead atoms. The molecule has 2 heterocycles. The van der Waals surface area contributed by atoms with E-state index in [1.165, 1.54) is 0 Å². The second-order valence-electron chi connectivity index (χ2n) is 4.27. The van der Waals surface area contributed by atoms with E-state index in [4.69, 9.17) is 14.9 Å². The Kier molecular flexibility index (Phi) is 3.81. The largest absolute Gasteiger partial charge is 0.460 e. The van der Waals surface area contributed by atoms with Crippen molar-refractivity contribution in [2.45, 2.75) is 25.9 Å². The standard InChI is InChI=1S/C12H18N2O3/c1-2-16-12(15)11-4-3-10(17-11)8-14-6-5-9(13)7-14/h3-4,9H,2,5-8,13H2,1H3. The van der Waals surface area contributed by atoms with Gasteiger partial charge in [-0.05, 0) is 25.5 Å². The summed E-state index contributed by atoms with van der Waals surface area (Å²) >= 11 is 0. The van der Waals surface area contributed by atoms with Crippen LogP contribution in [0.4, 0.5) is 0 Å². The molecular weight excluding hydrogens is 220 g/mol. The van der Waals surface area contributed by atoms with Crippen molar-refractivity contribution >= 4 is 5.97 Å². The van der Waals surface area contributed by atoms with E-state index >= 15 is 0 Å². The van der Waals surface area contributed by atoms with Crippen molar-refractivity contribution in [3.63, 3.8) is 0 Å². The van der Waals surface area contributed by atoms with Gasteiger partial charge in [-0.1, -0.05) is 0 Å². The molecule has 0 aliphatic carbocycles. The molecule has 1 aromatic heterocycles. The maximum absolute atomic E-state index is 11.4. The molecule has 1 saturated heterocycles. The maximum Gasteiger partial charge on any atom is 0.374 e. The Morgan fingerprint density at radius 3 is 3.12 bits per heavy atom. The number of ether oxygens (including phenoxy) is 1. The van der Waals surface area contributed by atoms with Gasteiger partial charge in [0.2, 0.25) is 5.76 Å². The average Bonchev–Trinajstić information content (AvgIpc) is 2.89. The fraction of sp³-hybridized carbons (Fsp3) is 0.583. The highest BCUT2D eigenvalue weighted by atomic mass is 16.5. The van der Waals surface area contributed by atoms with Crippen molar-refractivity contribution in [3.8, 4) is 0 Å². The third-order valence-electron chi connectivity index (χ3n) is 2.83. The molecule has 1 atom stereocenters. The lowest BCUT2D eigenvalue weighted by Crippen LogP contribution is -2.26. The van der Waals surface area contributed by atoms with E-state index in [1.54, 1.807) is 13.0 Å². The Balaban J connectivity index is 1.92. The molecule has 1 aromatic rings. The van der Waals surface area contributed by atoms with Crippen molar-refractivity contribution in [2.24, 2.45) is 5.73 Å². The number of likely N-dealkylation sites (tertiary alicyclic amines) is 1. The molecule has 5 nitrogen and oxygen atoms in total. The highest BCUT2D eigenvalue weighted by Gasteiger charge is 2.20. The summed E-state index contributed by atoms with van der Waals surface area (Å²) < 4.78 is 10.3. The van der Waals surface area contributed by atoms with E-state index in [9.17, 15) is 4.79 Å². The van der Waals surface area contributed by atoms with Gasteiger partial charge in [-0.25, -0.2) is 4.79 Å². The van der Waals surface area contributed by atoms with Crippen LogP contribution in [0.1, 0.15) is 29.7 Å². The Labute approximate surface area is 101 Å². The summed E-state index contributed by atoms with van der Waals surface area (Å²) in [6.45, 7) is 4.70. The maximum atomic E-state index is 11.4. The molecule has 0 aromatic carbocycles. The molecule has 1 aliphatic rings. The fourth-order valence-corrected chi connectivity index (χ4v) is 2.00. The highest BCUT2D eigenvalue weighted by molar-refractivity contribution is 5.86. The first kappa shape index (κ1) is 12.1. The molecule has 1 unspecified atom stereocenters. The molecular formula is C12H18N2O3. The predicted molar refractivity (Wildman–Crippen MR) is 62.5 cm³/mol. The molecule has 0 spiro atoms. The molecule has 5 heteroatoms. The lowest BCUT2D eigenvalue weighted by Gasteiger charge is -2.12. The van der Waals surface area contributed by atoms with Crippen LogP contribution in [0.5, 0.6) is 0 Å². The van der Waals surface area contributed by atoms with Crippen LogP contribution in [0.15, 0.2) is 16.5 Å². The van der Waals surface area contributed by atoms with Gasteiger partial charge in [-0.15, -0.1) is 0 Å². The lowest BCUT2D eigenvalue weighted by atomic mass is 10.3. The smallest absolute Gasteiger partial charge is 0.374 e. The third-order valence-corrected chi connectivity index (χ3v) is 2.83. The van der Waals surface area contributed by atoms with E-state index in [2.05, 4.69) is 4.90 Å². The number of carbonyl (C=O) groups excluding carboxylic acids is 1. The number of rotatable bonds is 4. The Hall–Kier alpha value is -1.33. The topological polar surface area (TPSA) is 68.7 Å². The number of nitrogens with two attached hydrogens (primary N) is 1. The summed E-state index contributed by atoms with van der Waals surface area (Å²) in [5.74, 6) is 0.643. The van der Waals surface area contributed by atoms with Gasteiger partial charge in [0.25, 0.3) is 0 Å². The van der Waals surface area contributed by atoms with Gasteiger partial charge >= 0.3 is 5.97 Å². The lowest BCUT2D eigenvalue weighted by molar-refractivity contribution is 0.0486. The number of carbonyl (C=O) groups is 1. The van der Waals surface area contributed by atoms with E-state index in [1.807, 2.05) is 6.07 Å². The highest BCUT2D eigenvalue weighted by Crippen LogP contribution is 2.15. The van der Waals surface area contributed by atoms with Crippen LogP contribution in [0.2, 0.25) is 0 Å². The predicted octanol–water partition coefficient (Wildman–Crippen LogP) is 0.989. The third kappa shape index (κ3) is 3.08. The van der Waals surface area contributed by atoms with E-state index in [0.29, 0.717) is 13.2 Å². The molecule has 0 saturated carbocycles. The van der Waals surface area contributed by atoms with Gasteiger partial charge in [0, 0.05) is 19.1 Å². The van der Waals surface area contributed by atoms with Crippen molar-refractivity contribution in [1.82, 2.24) is 4.90 Å². The van der Waals surface area contributed by atoms with Crippen molar-refractivity contribution in [3.05, 3.63) is 23.7 Å². The van der Waals surface area contributed by atoms with Crippen LogP contribution < -0.4 is 5.73 Å². The van der Waals surface area contributed by atoms with Gasteiger partial charge in [-0.2, -0.15) is 0 Å². The molecule has 17 heavy (non-hydrogen) atoms. The SMILES string of the molecule is CCOC(=O)c1ccc(CN2CCC(N)C2)o1. The van der Waals surface area contributed by atoms with E-state index in [0.717, 1.165) is 25.3 Å². The van der Waals surface area contributed by atoms with Gasteiger partial charge in [-0.3, -0.25) is 4.90 Å². The first-order valence-corrected chi connectivity index (χ1v) is 5.93. The normalized spacial score (nSPS) is 20.7. The zero-order valence-corrected chi connectivity index (χ0v) is 10.0. The van der Waals surface area contributed by atoms with Gasteiger partial charge in [0.15, 0.2) is 0 Å². The summed E-state index contributed by atoms with van der Waals surface area (Å²) in [6.07, 6.45) is 1.02. The monoisotopic (exact) mass is 238 g/mol. The minimum absolute atomic E-state index is 0.259. The number of hydrogen-bond donors (Lipinski definition) is 1. The molecule has 2 rings (SSSR count). The Bertz CT molecular complexity index is 389. The van der Waals surface area contributed by atoms with E-state index in [-0.39, 0.29) is 11.8 Å². The molecule has 2 N–H and O–H groups in total. The van der Waals surface area contributed by atoms with Crippen LogP contribution in [-0.2, 0) is 11.3 Å². The molecule has 0 radical (unpaired) electrons. The molecule has 1 aliphatic heterocycles. The molecule has 1 fully saturated rings. The number of nitrogens with zero attached hydrogens (tertiary/aromatic N) is 1. The van der Waals surface area contributed by atoms with Gasteiger partial charge in [0.05, 0.1) is 13.2 Å². The summed E-state index contributed by atoms with van der Waals surface area (Å²) in [5.41, 5.74) is 5.83. The first-order chi connectivity index (χ1) is 8.19. The summed E-state index contributed by atoms with van der Waals surface area (Å²) in [4.78, 5) is 13.6. The average molecular weight is 238 g/mol. The van der Waals surface area contributed by atoms with Crippen molar-refractivity contribution < 1.29 is 13.9 Å². The zero-order chi connectivity index (χ0) is 12.3. The number of furan rings is 1. The van der Waals surface area contributed by atoms with Crippen LogP contribution in [-0.4, -0.2) is 36.6 Å². The van der Waals surface area contributed by atoms with Crippen molar-refractivity contribution in [2.75, 3.05) is 19.7 Å². The van der Waals surface area contributed by atoms with Gasteiger partial charge < -0.3 is 14.9 Å². The summed E-state index contributed by atoms with van der Waals surface area (Å²) in [5, 5.41) is 0. The summed E-state index contributed by atoms with van der Waals surface area (Å²) in [6, 6.07) is 3.73. The first-order valence-electron chi connectivity index (χ1n) is 5.93. The molecule has 94 valence electrons. The quantitative estimate of drug-likeness (QED) is 0.792. The number of hydrogen-bond acceptors (Lipinski definition) is 5. The zero-order valence-electron chi connectivity index (χ0n) is 10.0. The number of esters is 1. The Morgan fingerprint density at radius 2 is 2.47 bits per heavy atom. The van der Waals surface area contributed by atoms with Gasteiger partial charge in [0.1, 0.15) is 5.76 Å². The fourth-order valence-electron chi connectivity index (χ4n) is 2.00. The Morgan fingerprint density at radius 1 is 1.65 bits per heavy atom. The van der Waals surface area contributed by atoms with Crippen LogP contribution in [0.25, 0.3) is 0 Å². The van der Waals surface area contributed by atoms with Crippen LogP contribution in [0, 0.1) is 0 Å². The summed E-state index contributed by atoms with van der Waals surface area (Å²) in [7, 11) is 0. The van der Waals surface area contributed by atoms with Crippen LogP contribution in [0.3, 0.4) is 0 Å². The second kappa shape index (κ2) is 5.33. The van der Waals surface area contributed by atoms with E-state index < -0.39 is 5.97 Å². The minimum Gasteiger partial charge on any atom is -0.460 e. The van der Waals surface area contributed by atoms with Crippen LogP contribution >= 0.6 is 0 Å². The second-order valence-corrected chi connectivity index (χ2v) is 4.27.